The molecule has 2 N–H and O–H groups in total. The van der Waals surface area contributed by atoms with Crippen LogP contribution in [0.15, 0.2) is 78.9 Å². The second-order valence-electron chi connectivity index (χ2n) is 10.2. The van der Waals surface area contributed by atoms with Crippen molar-refractivity contribution in [3.05, 3.63) is 95.6 Å². The van der Waals surface area contributed by atoms with Crippen LogP contribution in [0.1, 0.15) is 43.4 Å². The van der Waals surface area contributed by atoms with E-state index in [0.29, 0.717) is 18.2 Å². The van der Waals surface area contributed by atoms with Gasteiger partial charge in [-0.3, -0.25) is 9.62 Å². The molecular weight excluding hydrogens is 494 g/mol. The number of allylic oxidation sites excluding steroid dienone is 1. The zero-order valence-electron chi connectivity index (χ0n) is 22.6. The molecule has 7 heteroatoms. The summed E-state index contributed by atoms with van der Waals surface area (Å²) in [7, 11) is -3.36. The van der Waals surface area contributed by atoms with Crippen molar-refractivity contribution in [3.8, 4) is 0 Å². The summed E-state index contributed by atoms with van der Waals surface area (Å²) in [5.41, 5.74) is 7.20. The molecule has 1 heterocycles. The second kappa shape index (κ2) is 12.6. The molecule has 0 radical (unpaired) electrons. The van der Waals surface area contributed by atoms with E-state index in [0.717, 1.165) is 66.7 Å². The Morgan fingerprint density at radius 3 is 1.95 bits per heavy atom. The first kappa shape index (κ1) is 27.9. The van der Waals surface area contributed by atoms with Crippen LogP contribution in [-0.2, 0) is 10.0 Å². The molecule has 0 unspecified atom stereocenters. The van der Waals surface area contributed by atoms with E-state index < -0.39 is 10.0 Å². The van der Waals surface area contributed by atoms with E-state index in [1.165, 1.54) is 5.69 Å². The summed E-state index contributed by atoms with van der Waals surface area (Å²) in [5.74, 6) is 0. The number of nitrogens with zero attached hydrogens (tertiary/aromatic N) is 2. The lowest BCUT2D eigenvalue weighted by molar-refractivity contribution is 0.209. The molecule has 0 amide bonds. The van der Waals surface area contributed by atoms with Crippen molar-refractivity contribution in [1.82, 2.24) is 4.90 Å². The Morgan fingerprint density at radius 1 is 0.842 bits per heavy atom. The highest BCUT2D eigenvalue weighted by Crippen LogP contribution is 2.36. The smallest absolute Gasteiger partial charge is 0.229 e. The van der Waals surface area contributed by atoms with E-state index in [1.807, 2.05) is 30.3 Å². The van der Waals surface area contributed by atoms with Crippen LogP contribution in [-0.4, -0.2) is 63.5 Å². The Labute approximate surface area is 227 Å². The Morgan fingerprint density at radius 2 is 1.42 bits per heavy atom. The summed E-state index contributed by atoms with van der Waals surface area (Å²) in [6.07, 6.45) is 2.52. The maximum atomic E-state index is 11.7. The summed E-state index contributed by atoms with van der Waals surface area (Å²) in [6.45, 7) is 8.78. The minimum Gasteiger partial charge on any atom is -0.396 e. The highest BCUT2D eigenvalue weighted by molar-refractivity contribution is 7.92. The summed E-state index contributed by atoms with van der Waals surface area (Å²) < 4.78 is 26.0. The van der Waals surface area contributed by atoms with Gasteiger partial charge in [0.2, 0.25) is 10.0 Å². The maximum Gasteiger partial charge on any atom is 0.229 e. The molecule has 1 aliphatic rings. The van der Waals surface area contributed by atoms with Crippen LogP contribution in [0.2, 0.25) is 0 Å². The van der Waals surface area contributed by atoms with Gasteiger partial charge in [0.15, 0.2) is 0 Å². The van der Waals surface area contributed by atoms with Gasteiger partial charge in [0, 0.05) is 50.2 Å². The average Bonchev–Trinajstić information content (AvgIpc) is 2.91. The molecule has 0 aromatic heterocycles. The lowest BCUT2D eigenvalue weighted by Gasteiger charge is -2.38. The molecular formula is C31H39N3O3S. The third kappa shape index (κ3) is 7.25. The predicted octanol–water partition coefficient (Wildman–Crippen LogP) is 5.32. The standard InChI is InChI=1S/C31H39N3O3S/c1-24(2)33-19-21-34(22-20-33)29-17-13-27(14-18-29)31(26-11-15-28(16-12-26)32-38(3,36)37)30(10-7-23-35)25-8-5-4-6-9-25/h4-6,8-9,11-18,24,32,35H,7,10,19-23H2,1-3H3/b31-30-. The fraction of sp³-hybridized carbons (Fsp3) is 0.355. The van der Waals surface area contributed by atoms with Crippen molar-refractivity contribution in [2.75, 3.05) is 48.7 Å². The van der Waals surface area contributed by atoms with Crippen LogP contribution in [0.25, 0.3) is 11.1 Å². The monoisotopic (exact) mass is 533 g/mol. The van der Waals surface area contributed by atoms with Crippen molar-refractivity contribution in [2.45, 2.75) is 32.7 Å². The molecule has 3 aromatic carbocycles. The Kier molecular flexibility index (Phi) is 9.26. The van der Waals surface area contributed by atoms with E-state index >= 15 is 0 Å². The molecule has 0 atom stereocenters. The molecule has 3 aromatic rings. The number of piperazine rings is 1. The molecule has 1 aliphatic heterocycles. The van der Waals surface area contributed by atoms with Crippen LogP contribution in [0.5, 0.6) is 0 Å². The van der Waals surface area contributed by atoms with Gasteiger partial charge < -0.3 is 10.0 Å². The van der Waals surface area contributed by atoms with Gasteiger partial charge in [0.25, 0.3) is 0 Å². The number of benzene rings is 3. The Hall–Kier alpha value is -3.13. The topological polar surface area (TPSA) is 72.9 Å². The van der Waals surface area contributed by atoms with E-state index in [9.17, 15) is 13.5 Å². The molecule has 1 saturated heterocycles. The minimum atomic E-state index is -3.36. The van der Waals surface area contributed by atoms with Crippen molar-refractivity contribution in [1.29, 1.82) is 0 Å². The molecule has 6 nitrogen and oxygen atoms in total. The zero-order valence-corrected chi connectivity index (χ0v) is 23.4. The lowest BCUT2D eigenvalue weighted by atomic mass is 9.87. The van der Waals surface area contributed by atoms with E-state index in [-0.39, 0.29) is 6.61 Å². The highest BCUT2D eigenvalue weighted by atomic mass is 32.2. The molecule has 0 aliphatic carbocycles. The molecule has 4 rings (SSSR count). The molecule has 202 valence electrons. The molecule has 0 saturated carbocycles. The zero-order chi connectivity index (χ0) is 27.1. The van der Waals surface area contributed by atoms with Gasteiger partial charge >= 0.3 is 0 Å². The Bertz CT molecular complexity index is 1310. The number of hydrogen-bond donors (Lipinski definition) is 2. The van der Waals surface area contributed by atoms with Crippen LogP contribution in [0.4, 0.5) is 11.4 Å². The SMILES string of the molecule is CC(C)N1CCN(c2ccc(/C(=C(/CCCO)c3ccccc3)c3ccc(NS(C)(=O)=O)cc3)cc2)CC1. The largest absolute Gasteiger partial charge is 0.396 e. The number of aliphatic hydroxyl groups is 1. The minimum absolute atomic E-state index is 0.113. The van der Waals surface area contributed by atoms with E-state index in [1.54, 1.807) is 12.1 Å². The second-order valence-corrected chi connectivity index (χ2v) is 11.9. The van der Waals surface area contributed by atoms with Crippen molar-refractivity contribution < 1.29 is 13.5 Å². The van der Waals surface area contributed by atoms with Gasteiger partial charge in [-0.1, -0.05) is 54.6 Å². The maximum absolute atomic E-state index is 11.7. The molecule has 0 bridgehead atoms. The number of rotatable bonds is 10. The summed E-state index contributed by atoms with van der Waals surface area (Å²) >= 11 is 0. The van der Waals surface area contributed by atoms with Gasteiger partial charge in [-0.25, -0.2) is 8.42 Å². The molecule has 1 fully saturated rings. The molecule has 0 spiro atoms. The van der Waals surface area contributed by atoms with Gasteiger partial charge in [-0.15, -0.1) is 0 Å². The van der Waals surface area contributed by atoms with Gasteiger partial charge in [0.05, 0.1) is 6.26 Å². The van der Waals surface area contributed by atoms with Crippen LogP contribution in [0.3, 0.4) is 0 Å². The first-order valence-electron chi connectivity index (χ1n) is 13.3. The van der Waals surface area contributed by atoms with Crippen molar-refractivity contribution in [2.24, 2.45) is 0 Å². The Balaban J connectivity index is 1.73. The first-order chi connectivity index (χ1) is 18.2. The van der Waals surface area contributed by atoms with E-state index in [2.05, 4.69) is 64.8 Å². The summed E-state index contributed by atoms with van der Waals surface area (Å²) in [4.78, 5) is 4.96. The van der Waals surface area contributed by atoms with E-state index in [4.69, 9.17) is 0 Å². The summed E-state index contributed by atoms with van der Waals surface area (Å²) in [6, 6.07) is 27.2. The van der Waals surface area contributed by atoms with Crippen molar-refractivity contribution >= 4 is 32.5 Å². The van der Waals surface area contributed by atoms with Crippen LogP contribution in [0, 0.1) is 0 Å². The number of aliphatic hydroxyl groups excluding tert-OH is 1. The predicted molar refractivity (Wildman–Crippen MR) is 159 cm³/mol. The highest BCUT2D eigenvalue weighted by Gasteiger charge is 2.20. The third-order valence-corrected chi connectivity index (χ3v) is 7.66. The quantitative estimate of drug-likeness (QED) is 0.345. The lowest BCUT2D eigenvalue weighted by Crippen LogP contribution is -2.48. The van der Waals surface area contributed by atoms with Crippen LogP contribution >= 0.6 is 0 Å². The number of nitrogens with one attached hydrogen (secondary N) is 1. The fourth-order valence-electron chi connectivity index (χ4n) is 5.08. The summed E-state index contributed by atoms with van der Waals surface area (Å²) in [5, 5.41) is 9.67. The van der Waals surface area contributed by atoms with Crippen molar-refractivity contribution in [3.63, 3.8) is 0 Å². The first-order valence-corrected chi connectivity index (χ1v) is 15.2. The fourth-order valence-corrected chi connectivity index (χ4v) is 5.64. The molecule has 38 heavy (non-hydrogen) atoms. The number of sulfonamides is 1. The van der Waals surface area contributed by atoms with Gasteiger partial charge in [0.1, 0.15) is 0 Å². The third-order valence-electron chi connectivity index (χ3n) is 7.05. The normalized spacial score (nSPS) is 15.4. The number of hydrogen-bond acceptors (Lipinski definition) is 5. The van der Waals surface area contributed by atoms with Gasteiger partial charge in [-0.2, -0.15) is 0 Å². The van der Waals surface area contributed by atoms with Crippen LogP contribution < -0.4 is 9.62 Å². The number of anilines is 2. The van der Waals surface area contributed by atoms with Gasteiger partial charge in [-0.05, 0) is 78.8 Å². The average molecular weight is 534 g/mol.